The Balaban J connectivity index is 2.13. The first-order valence-electron chi connectivity index (χ1n) is 6.55. The molecule has 0 bridgehead atoms. The monoisotopic (exact) mass is 276 g/mol. The van der Waals surface area contributed by atoms with Gasteiger partial charge >= 0.3 is 0 Å². The van der Waals surface area contributed by atoms with Gasteiger partial charge in [-0.15, -0.1) is 0 Å². The van der Waals surface area contributed by atoms with E-state index in [1.165, 1.54) is 0 Å². The zero-order chi connectivity index (χ0) is 14.5. The highest BCUT2D eigenvalue weighted by Crippen LogP contribution is 2.13. The van der Waals surface area contributed by atoms with Crippen LogP contribution in [0.5, 0.6) is 0 Å². The van der Waals surface area contributed by atoms with E-state index in [-0.39, 0.29) is 0 Å². The highest BCUT2D eigenvalue weighted by Gasteiger charge is 2.08. The van der Waals surface area contributed by atoms with Gasteiger partial charge in [0.1, 0.15) is 11.5 Å². The molecule has 0 unspecified atom stereocenters. The number of rotatable bonds is 6. The van der Waals surface area contributed by atoms with Gasteiger partial charge in [-0.25, -0.2) is 0 Å². The zero-order valence-corrected chi connectivity index (χ0v) is 12.3. The van der Waals surface area contributed by atoms with Crippen LogP contribution in [0.15, 0.2) is 16.5 Å². The molecule has 0 saturated carbocycles. The Hall–Kier alpha value is -2.31. The van der Waals surface area contributed by atoms with Gasteiger partial charge < -0.3 is 20.0 Å². The number of hydrogen-bond donors (Lipinski definition) is 2. The second kappa shape index (κ2) is 6.23. The molecule has 2 N–H and O–H groups in total. The van der Waals surface area contributed by atoms with Crippen LogP contribution in [0.3, 0.4) is 0 Å². The first kappa shape index (κ1) is 14.1. The lowest BCUT2D eigenvalue weighted by Gasteiger charge is -2.13. The third-order valence-corrected chi connectivity index (χ3v) is 2.58. The number of nitrogens with one attached hydrogen (secondary N) is 2. The molecule has 0 fully saturated rings. The molecule has 2 heterocycles. The van der Waals surface area contributed by atoms with Gasteiger partial charge in [-0.05, 0) is 26.0 Å². The molecule has 0 aliphatic carbocycles. The fraction of sp³-hybridized carbons (Fsp3) is 0.462. The molecule has 0 aliphatic heterocycles. The van der Waals surface area contributed by atoms with Crippen molar-refractivity contribution in [3.63, 3.8) is 0 Å². The van der Waals surface area contributed by atoms with Gasteiger partial charge in [-0.2, -0.15) is 15.0 Å². The van der Waals surface area contributed by atoms with Gasteiger partial charge in [0, 0.05) is 20.6 Å². The maximum Gasteiger partial charge on any atom is 0.231 e. The Kier molecular flexibility index (Phi) is 4.39. The summed E-state index contributed by atoms with van der Waals surface area (Å²) in [5.41, 5.74) is 0. The number of aryl methyl sites for hydroxylation is 1. The van der Waals surface area contributed by atoms with Crippen molar-refractivity contribution in [2.24, 2.45) is 0 Å². The van der Waals surface area contributed by atoms with Gasteiger partial charge in [-0.1, -0.05) is 0 Å². The van der Waals surface area contributed by atoms with Crippen molar-refractivity contribution in [2.45, 2.75) is 20.4 Å². The maximum absolute atomic E-state index is 5.50. The summed E-state index contributed by atoms with van der Waals surface area (Å²) in [7, 11) is 3.79. The van der Waals surface area contributed by atoms with E-state index < -0.39 is 0 Å². The minimum absolute atomic E-state index is 0.522. The average molecular weight is 276 g/mol. The van der Waals surface area contributed by atoms with Crippen LogP contribution in [-0.2, 0) is 6.54 Å². The molecule has 0 aliphatic rings. The van der Waals surface area contributed by atoms with E-state index >= 15 is 0 Å². The lowest BCUT2D eigenvalue weighted by Crippen LogP contribution is -2.17. The van der Waals surface area contributed by atoms with E-state index in [0.29, 0.717) is 24.4 Å². The molecule has 0 radical (unpaired) electrons. The standard InChI is InChI=1S/C13H20N6O/c1-5-14-11-16-12(18-13(17-11)19(3)4)15-8-10-7-6-9(2)20-10/h6-7H,5,8H2,1-4H3,(H2,14,15,16,17,18). The third-order valence-electron chi connectivity index (χ3n) is 2.58. The van der Waals surface area contributed by atoms with Crippen molar-refractivity contribution in [3.05, 3.63) is 23.7 Å². The predicted octanol–water partition coefficient (Wildman–Crippen LogP) is 1.88. The van der Waals surface area contributed by atoms with Gasteiger partial charge in [0.05, 0.1) is 6.54 Å². The summed E-state index contributed by atoms with van der Waals surface area (Å²) in [6, 6.07) is 3.86. The molecule has 0 spiro atoms. The highest BCUT2D eigenvalue weighted by molar-refractivity contribution is 5.42. The molecule has 2 rings (SSSR count). The van der Waals surface area contributed by atoms with Crippen molar-refractivity contribution < 1.29 is 4.42 Å². The molecule has 108 valence electrons. The SMILES string of the molecule is CCNc1nc(NCc2ccc(C)o2)nc(N(C)C)n1. The van der Waals surface area contributed by atoms with Crippen LogP contribution in [0.4, 0.5) is 17.8 Å². The van der Waals surface area contributed by atoms with Crippen molar-refractivity contribution in [2.75, 3.05) is 36.2 Å². The molecule has 0 amide bonds. The van der Waals surface area contributed by atoms with Gasteiger partial charge in [0.2, 0.25) is 17.8 Å². The smallest absolute Gasteiger partial charge is 0.231 e. The minimum Gasteiger partial charge on any atom is -0.465 e. The molecule has 0 atom stereocenters. The topological polar surface area (TPSA) is 79.1 Å². The molecule has 7 nitrogen and oxygen atoms in total. The highest BCUT2D eigenvalue weighted by atomic mass is 16.3. The van der Waals surface area contributed by atoms with Crippen LogP contribution in [0.25, 0.3) is 0 Å². The van der Waals surface area contributed by atoms with Crippen molar-refractivity contribution in [1.29, 1.82) is 0 Å². The van der Waals surface area contributed by atoms with Crippen LogP contribution in [-0.4, -0.2) is 35.6 Å². The molecule has 2 aromatic rings. The number of furan rings is 1. The molecular formula is C13H20N6O. The fourth-order valence-corrected chi connectivity index (χ4v) is 1.63. The molecule has 0 aromatic carbocycles. The predicted molar refractivity (Wildman–Crippen MR) is 79.1 cm³/mol. The molecule has 2 aromatic heterocycles. The second-order valence-corrected chi connectivity index (χ2v) is 4.57. The second-order valence-electron chi connectivity index (χ2n) is 4.57. The van der Waals surface area contributed by atoms with Gasteiger partial charge in [0.15, 0.2) is 0 Å². The lowest BCUT2D eigenvalue weighted by molar-refractivity contribution is 0.490. The van der Waals surface area contributed by atoms with Gasteiger partial charge in [0.25, 0.3) is 0 Å². The van der Waals surface area contributed by atoms with Crippen LogP contribution in [0.2, 0.25) is 0 Å². The van der Waals surface area contributed by atoms with Crippen LogP contribution >= 0.6 is 0 Å². The molecule has 0 saturated heterocycles. The maximum atomic E-state index is 5.50. The number of anilines is 3. The van der Waals surface area contributed by atoms with E-state index in [1.807, 2.05) is 45.0 Å². The largest absolute Gasteiger partial charge is 0.465 e. The average Bonchev–Trinajstić information content (AvgIpc) is 2.82. The summed E-state index contributed by atoms with van der Waals surface area (Å²) in [6.45, 7) is 5.21. The minimum atomic E-state index is 0.522. The first-order valence-corrected chi connectivity index (χ1v) is 6.55. The Bertz CT molecular complexity index is 566. The fourth-order valence-electron chi connectivity index (χ4n) is 1.63. The Morgan fingerprint density at radius 2 is 1.80 bits per heavy atom. The zero-order valence-electron chi connectivity index (χ0n) is 12.3. The molecular weight excluding hydrogens is 256 g/mol. The van der Waals surface area contributed by atoms with E-state index in [1.54, 1.807) is 0 Å². The van der Waals surface area contributed by atoms with Crippen LogP contribution in [0, 0.1) is 6.92 Å². The Labute approximate surface area is 118 Å². The quantitative estimate of drug-likeness (QED) is 0.834. The van der Waals surface area contributed by atoms with Crippen LogP contribution < -0.4 is 15.5 Å². The lowest BCUT2D eigenvalue weighted by atomic mass is 10.4. The summed E-state index contributed by atoms with van der Waals surface area (Å²) in [6.07, 6.45) is 0. The van der Waals surface area contributed by atoms with E-state index in [0.717, 1.165) is 18.1 Å². The Morgan fingerprint density at radius 1 is 1.10 bits per heavy atom. The number of aromatic nitrogens is 3. The van der Waals surface area contributed by atoms with Crippen molar-refractivity contribution in [3.8, 4) is 0 Å². The summed E-state index contributed by atoms with van der Waals surface area (Å²) < 4.78 is 5.50. The summed E-state index contributed by atoms with van der Waals surface area (Å²) in [5, 5.41) is 6.24. The van der Waals surface area contributed by atoms with Crippen molar-refractivity contribution in [1.82, 2.24) is 15.0 Å². The van der Waals surface area contributed by atoms with E-state index in [4.69, 9.17) is 4.42 Å². The van der Waals surface area contributed by atoms with Gasteiger partial charge in [-0.3, -0.25) is 0 Å². The molecule has 7 heteroatoms. The summed E-state index contributed by atoms with van der Waals surface area (Å²) in [4.78, 5) is 14.8. The summed E-state index contributed by atoms with van der Waals surface area (Å²) >= 11 is 0. The normalized spacial score (nSPS) is 10.4. The van der Waals surface area contributed by atoms with Crippen LogP contribution in [0.1, 0.15) is 18.4 Å². The summed E-state index contributed by atoms with van der Waals surface area (Å²) in [5.74, 6) is 3.42. The number of nitrogens with zero attached hydrogens (tertiary/aromatic N) is 4. The number of hydrogen-bond acceptors (Lipinski definition) is 7. The van der Waals surface area contributed by atoms with Crippen molar-refractivity contribution >= 4 is 17.8 Å². The van der Waals surface area contributed by atoms with E-state index in [9.17, 15) is 0 Å². The molecule has 20 heavy (non-hydrogen) atoms. The third kappa shape index (κ3) is 3.59. The van der Waals surface area contributed by atoms with E-state index in [2.05, 4.69) is 25.6 Å². The first-order chi connectivity index (χ1) is 9.58. The Morgan fingerprint density at radius 3 is 2.35 bits per heavy atom.